The van der Waals surface area contributed by atoms with Crippen LogP contribution in [0.15, 0.2) is 53.4 Å². The molecule has 2 aromatic carbocycles. The quantitative estimate of drug-likeness (QED) is 0.519. The van der Waals surface area contributed by atoms with Crippen LogP contribution in [-0.4, -0.2) is 44.3 Å². The van der Waals surface area contributed by atoms with Crippen molar-refractivity contribution < 1.29 is 17.9 Å². The SMILES string of the molecule is COc1ccc(N(CC(=O)NCCc2cccc(C)c2)S(=O)(=O)c2c(C)nn(C)c2C)cc1. The summed E-state index contributed by atoms with van der Waals surface area (Å²) in [4.78, 5) is 12.9. The maximum Gasteiger partial charge on any atom is 0.268 e. The molecule has 0 unspecified atom stereocenters. The predicted molar refractivity (Wildman–Crippen MR) is 128 cm³/mol. The predicted octanol–water partition coefficient (Wildman–Crippen LogP) is 2.91. The summed E-state index contributed by atoms with van der Waals surface area (Å²) in [5.41, 5.74) is 3.51. The molecule has 1 amide bonds. The standard InChI is InChI=1S/C24H30N4O4S/c1-17-7-6-8-20(15-17)13-14-25-23(29)16-28(21-9-11-22(32-5)12-10-21)33(30,31)24-18(2)26-27(4)19(24)3/h6-12,15H,13-14,16H2,1-5H3,(H,25,29). The second-order valence-corrected chi connectivity index (χ2v) is 9.72. The highest BCUT2D eigenvalue weighted by Crippen LogP contribution is 2.28. The molecule has 8 nitrogen and oxygen atoms in total. The topological polar surface area (TPSA) is 93.5 Å². The van der Waals surface area contributed by atoms with Gasteiger partial charge in [0.2, 0.25) is 5.91 Å². The van der Waals surface area contributed by atoms with Crippen molar-refractivity contribution in [2.24, 2.45) is 7.05 Å². The van der Waals surface area contributed by atoms with E-state index in [-0.39, 0.29) is 17.3 Å². The van der Waals surface area contributed by atoms with Gasteiger partial charge in [-0.05, 0) is 57.0 Å². The number of anilines is 1. The Morgan fingerprint density at radius 3 is 2.39 bits per heavy atom. The molecule has 176 valence electrons. The van der Waals surface area contributed by atoms with Crippen molar-refractivity contribution in [3.8, 4) is 5.75 Å². The zero-order chi connectivity index (χ0) is 24.2. The van der Waals surface area contributed by atoms with Gasteiger partial charge in [-0.1, -0.05) is 29.8 Å². The maximum atomic E-state index is 13.7. The van der Waals surface area contributed by atoms with Crippen molar-refractivity contribution in [2.45, 2.75) is 32.1 Å². The van der Waals surface area contributed by atoms with E-state index in [9.17, 15) is 13.2 Å². The van der Waals surface area contributed by atoms with E-state index in [4.69, 9.17) is 4.74 Å². The van der Waals surface area contributed by atoms with Crippen LogP contribution in [0.2, 0.25) is 0 Å². The monoisotopic (exact) mass is 470 g/mol. The van der Waals surface area contributed by atoms with Gasteiger partial charge in [-0.15, -0.1) is 0 Å². The highest BCUT2D eigenvalue weighted by Gasteiger charge is 2.32. The van der Waals surface area contributed by atoms with E-state index in [0.717, 1.165) is 15.4 Å². The number of hydrogen-bond acceptors (Lipinski definition) is 5. The third-order valence-corrected chi connectivity index (χ3v) is 7.48. The summed E-state index contributed by atoms with van der Waals surface area (Å²) in [6.45, 7) is 5.41. The minimum Gasteiger partial charge on any atom is -0.497 e. The molecule has 1 aromatic heterocycles. The zero-order valence-electron chi connectivity index (χ0n) is 19.6. The maximum absolute atomic E-state index is 13.7. The summed E-state index contributed by atoms with van der Waals surface area (Å²) in [6.07, 6.45) is 0.656. The van der Waals surface area contributed by atoms with Crippen LogP contribution < -0.4 is 14.4 Å². The van der Waals surface area contributed by atoms with Crippen molar-refractivity contribution in [3.05, 3.63) is 71.0 Å². The third kappa shape index (κ3) is 5.54. The fourth-order valence-electron chi connectivity index (χ4n) is 3.70. The molecule has 0 bridgehead atoms. The molecule has 9 heteroatoms. The highest BCUT2D eigenvalue weighted by molar-refractivity contribution is 7.93. The first-order valence-electron chi connectivity index (χ1n) is 10.6. The number of nitrogens with zero attached hydrogens (tertiary/aromatic N) is 3. The number of ether oxygens (including phenoxy) is 1. The number of hydrogen-bond donors (Lipinski definition) is 1. The lowest BCUT2D eigenvalue weighted by Crippen LogP contribution is -2.41. The van der Waals surface area contributed by atoms with Gasteiger partial charge in [0.05, 0.1) is 24.2 Å². The molecule has 0 radical (unpaired) electrons. The molecule has 1 N–H and O–H groups in total. The van der Waals surface area contributed by atoms with Gasteiger partial charge >= 0.3 is 0 Å². The molecule has 3 rings (SSSR count). The fraction of sp³-hybridized carbons (Fsp3) is 0.333. The lowest BCUT2D eigenvalue weighted by atomic mass is 10.1. The number of aromatic nitrogens is 2. The number of nitrogens with one attached hydrogen (secondary N) is 1. The summed E-state index contributed by atoms with van der Waals surface area (Å²) in [6, 6.07) is 14.6. The Labute approximate surface area is 195 Å². The van der Waals surface area contributed by atoms with Crippen LogP contribution in [0.4, 0.5) is 5.69 Å². The van der Waals surface area contributed by atoms with E-state index in [1.54, 1.807) is 45.2 Å². The van der Waals surface area contributed by atoms with E-state index in [1.807, 2.05) is 25.1 Å². The van der Waals surface area contributed by atoms with Crippen molar-refractivity contribution in [1.82, 2.24) is 15.1 Å². The van der Waals surface area contributed by atoms with Crippen LogP contribution in [0.1, 0.15) is 22.5 Å². The molecule has 3 aromatic rings. The number of aryl methyl sites for hydroxylation is 3. The first-order chi connectivity index (χ1) is 15.6. The van der Waals surface area contributed by atoms with Crippen LogP contribution in [0.25, 0.3) is 0 Å². The summed E-state index contributed by atoms with van der Waals surface area (Å²) in [5, 5.41) is 7.08. The molecular formula is C24H30N4O4S. The van der Waals surface area contributed by atoms with Gasteiger partial charge in [-0.3, -0.25) is 13.8 Å². The van der Waals surface area contributed by atoms with Crippen LogP contribution >= 0.6 is 0 Å². The highest BCUT2D eigenvalue weighted by atomic mass is 32.2. The largest absolute Gasteiger partial charge is 0.497 e. The lowest BCUT2D eigenvalue weighted by Gasteiger charge is -2.24. The van der Waals surface area contributed by atoms with Crippen LogP contribution in [0.3, 0.4) is 0 Å². The fourth-order valence-corrected chi connectivity index (χ4v) is 5.53. The molecule has 0 spiro atoms. The zero-order valence-corrected chi connectivity index (χ0v) is 20.4. The number of methoxy groups -OCH3 is 1. The van der Waals surface area contributed by atoms with Gasteiger partial charge in [0.15, 0.2) is 0 Å². The minimum absolute atomic E-state index is 0.105. The average molecular weight is 471 g/mol. The minimum atomic E-state index is -4.04. The Bertz CT molecular complexity index is 1230. The molecule has 33 heavy (non-hydrogen) atoms. The van der Waals surface area contributed by atoms with Crippen LogP contribution in [0, 0.1) is 20.8 Å². The molecular weight excluding hydrogens is 440 g/mol. The Kier molecular flexibility index (Phi) is 7.43. The van der Waals surface area contributed by atoms with E-state index in [2.05, 4.69) is 16.5 Å². The number of sulfonamides is 1. The summed E-state index contributed by atoms with van der Waals surface area (Å²) >= 11 is 0. The summed E-state index contributed by atoms with van der Waals surface area (Å²) in [5.74, 6) is 0.202. The summed E-state index contributed by atoms with van der Waals surface area (Å²) < 4.78 is 35.2. The van der Waals surface area contributed by atoms with Gasteiger partial charge in [0, 0.05) is 13.6 Å². The number of rotatable bonds is 9. The van der Waals surface area contributed by atoms with E-state index >= 15 is 0 Å². The van der Waals surface area contributed by atoms with Crippen molar-refractivity contribution in [1.29, 1.82) is 0 Å². The average Bonchev–Trinajstić information content (AvgIpc) is 3.04. The van der Waals surface area contributed by atoms with E-state index < -0.39 is 10.0 Å². The lowest BCUT2D eigenvalue weighted by molar-refractivity contribution is -0.119. The Balaban J connectivity index is 1.84. The number of benzene rings is 2. The number of carbonyl (C=O) groups excluding carboxylic acids is 1. The van der Waals surface area contributed by atoms with Gasteiger partial charge in [0.25, 0.3) is 10.0 Å². The van der Waals surface area contributed by atoms with Crippen molar-refractivity contribution >= 4 is 21.6 Å². The Hall–Kier alpha value is -3.33. The van der Waals surface area contributed by atoms with Crippen LogP contribution in [0.5, 0.6) is 5.75 Å². The van der Waals surface area contributed by atoms with Crippen LogP contribution in [-0.2, 0) is 28.3 Å². The number of carbonyl (C=O) groups is 1. The second-order valence-electron chi connectivity index (χ2n) is 7.92. The third-order valence-electron chi connectivity index (χ3n) is 5.46. The Morgan fingerprint density at radius 1 is 1.12 bits per heavy atom. The first-order valence-corrected chi connectivity index (χ1v) is 12.1. The van der Waals surface area contributed by atoms with E-state index in [1.165, 1.54) is 11.8 Å². The van der Waals surface area contributed by atoms with Gasteiger partial charge in [-0.2, -0.15) is 5.10 Å². The molecule has 0 aliphatic rings. The smallest absolute Gasteiger partial charge is 0.268 e. The molecule has 0 aliphatic heterocycles. The second kappa shape index (κ2) is 10.1. The molecule has 1 heterocycles. The molecule has 0 aliphatic carbocycles. The first kappa shape index (κ1) is 24.3. The number of amides is 1. The summed E-state index contributed by atoms with van der Waals surface area (Å²) in [7, 11) is -0.817. The molecule has 0 saturated heterocycles. The Morgan fingerprint density at radius 2 is 1.82 bits per heavy atom. The van der Waals surface area contributed by atoms with Gasteiger partial charge in [-0.25, -0.2) is 8.42 Å². The van der Waals surface area contributed by atoms with E-state index in [0.29, 0.717) is 35.8 Å². The van der Waals surface area contributed by atoms with Crippen molar-refractivity contribution in [2.75, 3.05) is 24.5 Å². The van der Waals surface area contributed by atoms with Gasteiger partial charge in [0.1, 0.15) is 17.2 Å². The van der Waals surface area contributed by atoms with Gasteiger partial charge < -0.3 is 10.1 Å². The van der Waals surface area contributed by atoms with Crippen molar-refractivity contribution in [3.63, 3.8) is 0 Å². The molecule has 0 fully saturated rings. The molecule has 0 saturated carbocycles. The normalized spacial score (nSPS) is 11.3. The molecule has 0 atom stereocenters.